The van der Waals surface area contributed by atoms with Crippen LogP contribution in [0.2, 0.25) is 0 Å². The van der Waals surface area contributed by atoms with Gasteiger partial charge < -0.3 is 19.8 Å². The maximum Gasteiger partial charge on any atom is 0.336 e. The van der Waals surface area contributed by atoms with Crippen molar-refractivity contribution >= 4 is 29.4 Å². The van der Waals surface area contributed by atoms with Crippen molar-refractivity contribution in [1.82, 2.24) is 10.3 Å². The van der Waals surface area contributed by atoms with Gasteiger partial charge in [0.2, 0.25) is 0 Å². The molecule has 198 valence electrons. The van der Waals surface area contributed by atoms with Crippen LogP contribution in [0.1, 0.15) is 31.0 Å². The van der Waals surface area contributed by atoms with Gasteiger partial charge in [0.25, 0.3) is 5.69 Å². The van der Waals surface area contributed by atoms with Gasteiger partial charge in [0.1, 0.15) is 17.3 Å². The summed E-state index contributed by atoms with van der Waals surface area (Å²) in [6.45, 7) is 3.72. The molecular formula is C29H26N4O6. The highest BCUT2D eigenvalue weighted by Crippen LogP contribution is 2.43. The molecule has 2 aliphatic rings. The van der Waals surface area contributed by atoms with Crippen LogP contribution in [0.4, 0.5) is 5.69 Å². The van der Waals surface area contributed by atoms with E-state index in [1.807, 2.05) is 18.2 Å². The number of nitrogens with zero attached hydrogens (tertiary/aromatic N) is 2. The molecule has 2 N–H and O–H groups in total. The number of rotatable bonds is 7. The Kier molecular flexibility index (Phi) is 6.84. The van der Waals surface area contributed by atoms with E-state index in [4.69, 9.17) is 9.47 Å². The molecule has 0 saturated carbocycles. The van der Waals surface area contributed by atoms with Gasteiger partial charge >= 0.3 is 5.97 Å². The summed E-state index contributed by atoms with van der Waals surface area (Å²) in [7, 11) is 1.57. The summed E-state index contributed by atoms with van der Waals surface area (Å²) in [5, 5.41) is 14.1. The van der Waals surface area contributed by atoms with Crippen LogP contribution < -0.4 is 10.1 Å². The van der Waals surface area contributed by atoms with Crippen molar-refractivity contribution in [3.05, 3.63) is 99.0 Å². The lowest BCUT2D eigenvalue weighted by Gasteiger charge is -2.32. The summed E-state index contributed by atoms with van der Waals surface area (Å²) in [5.41, 5.74) is 4.15. The number of carbonyl (C=O) groups is 2. The van der Waals surface area contributed by atoms with Crippen LogP contribution >= 0.6 is 0 Å². The zero-order chi connectivity index (χ0) is 27.7. The molecule has 3 heterocycles. The Bertz CT molecular complexity index is 1550. The standard InChI is InChI=1S/C29H26N4O6/c1-4-39-29(35)24-16(2)30-28-26(25(24)18-7-12-21(38-3)13-8-18)27(34)23(32-28)15-19-9-14-22(31-19)17-5-10-20(11-6-17)33(36)37/h5-15,25-26,31H,4H2,1-3H3,(H,30,32)/b23-15-. The molecule has 2 aromatic carbocycles. The van der Waals surface area contributed by atoms with Crippen molar-refractivity contribution in [3.8, 4) is 17.0 Å². The van der Waals surface area contributed by atoms with E-state index in [-0.39, 0.29) is 23.8 Å². The molecule has 5 rings (SSSR count). The first-order valence-corrected chi connectivity index (χ1v) is 12.4. The van der Waals surface area contributed by atoms with Crippen LogP contribution in [0.5, 0.6) is 5.75 Å². The highest BCUT2D eigenvalue weighted by atomic mass is 16.6. The van der Waals surface area contributed by atoms with Crippen LogP contribution in [0.15, 0.2) is 82.6 Å². The molecule has 1 aromatic heterocycles. The van der Waals surface area contributed by atoms with Gasteiger partial charge in [0.05, 0.1) is 30.1 Å². The molecule has 10 heteroatoms. The van der Waals surface area contributed by atoms with Crippen LogP contribution in [0, 0.1) is 16.0 Å². The largest absolute Gasteiger partial charge is 0.497 e. The van der Waals surface area contributed by atoms with Crippen LogP contribution in [-0.4, -0.2) is 41.2 Å². The van der Waals surface area contributed by atoms with Crippen molar-refractivity contribution in [2.24, 2.45) is 10.9 Å². The van der Waals surface area contributed by atoms with E-state index in [9.17, 15) is 19.7 Å². The Balaban J connectivity index is 1.48. The minimum absolute atomic E-state index is 0.00707. The maximum atomic E-state index is 13.8. The highest BCUT2D eigenvalue weighted by Gasteiger charge is 2.47. The average molecular weight is 527 g/mol. The third kappa shape index (κ3) is 4.84. The van der Waals surface area contributed by atoms with Gasteiger partial charge in [-0.3, -0.25) is 14.9 Å². The molecule has 0 spiro atoms. The number of non-ortho nitro benzene ring substituents is 1. The number of ketones is 1. The molecule has 10 nitrogen and oxygen atoms in total. The molecule has 39 heavy (non-hydrogen) atoms. The van der Waals surface area contributed by atoms with Crippen LogP contribution in [0.25, 0.3) is 17.3 Å². The number of methoxy groups -OCH3 is 1. The SMILES string of the molecule is CCOC(=O)C1=C(C)NC2=N/C(=C\c3ccc(-c4ccc([N+](=O)[O-])cc4)[nH]3)C(=O)C2C1c1ccc(OC)cc1. The van der Waals surface area contributed by atoms with Crippen LogP contribution in [0.3, 0.4) is 0 Å². The molecule has 0 amide bonds. The van der Waals surface area contributed by atoms with E-state index >= 15 is 0 Å². The first kappa shape index (κ1) is 25.7. The fraction of sp³-hybridized carbons (Fsp3) is 0.207. The van der Waals surface area contributed by atoms with E-state index in [1.54, 1.807) is 57.4 Å². The van der Waals surface area contributed by atoms with Crippen molar-refractivity contribution < 1.29 is 24.0 Å². The smallest absolute Gasteiger partial charge is 0.336 e. The van der Waals surface area contributed by atoms with Crippen molar-refractivity contribution in [1.29, 1.82) is 0 Å². The van der Waals surface area contributed by atoms with Gasteiger partial charge in [-0.15, -0.1) is 0 Å². The fourth-order valence-corrected chi connectivity index (χ4v) is 4.95. The van der Waals surface area contributed by atoms with Gasteiger partial charge in [-0.2, -0.15) is 0 Å². The van der Waals surface area contributed by atoms with E-state index < -0.39 is 22.7 Å². The number of Topliss-reactive ketones (excluding diaryl/α,β-unsaturated/α-hetero) is 1. The summed E-state index contributed by atoms with van der Waals surface area (Å²) >= 11 is 0. The number of nitro groups is 1. The lowest BCUT2D eigenvalue weighted by molar-refractivity contribution is -0.384. The molecule has 2 aliphatic heterocycles. The predicted octanol–water partition coefficient (Wildman–Crippen LogP) is 4.76. The third-order valence-corrected chi connectivity index (χ3v) is 6.79. The second-order valence-electron chi connectivity index (χ2n) is 9.13. The molecule has 3 aromatic rings. The first-order valence-electron chi connectivity index (χ1n) is 12.4. The summed E-state index contributed by atoms with van der Waals surface area (Å²) in [5.74, 6) is -0.887. The van der Waals surface area contributed by atoms with Gasteiger partial charge in [-0.05, 0) is 67.4 Å². The van der Waals surface area contributed by atoms with Gasteiger partial charge in [0, 0.05) is 35.1 Å². The third-order valence-electron chi connectivity index (χ3n) is 6.79. The summed E-state index contributed by atoms with van der Waals surface area (Å²) in [6.07, 6.45) is 1.66. The number of aromatic nitrogens is 1. The zero-order valence-electron chi connectivity index (χ0n) is 21.6. The van der Waals surface area contributed by atoms with E-state index in [2.05, 4.69) is 15.3 Å². The molecular weight excluding hydrogens is 500 g/mol. The quantitative estimate of drug-likeness (QED) is 0.196. The molecule has 2 atom stereocenters. The number of ether oxygens (including phenoxy) is 2. The number of nitrogens with one attached hydrogen (secondary N) is 2. The number of aliphatic imine (C=N–C) groups is 1. The summed E-state index contributed by atoms with van der Waals surface area (Å²) < 4.78 is 10.6. The lowest BCUT2D eigenvalue weighted by atomic mass is 9.75. The van der Waals surface area contributed by atoms with Crippen molar-refractivity contribution in [2.75, 3.05) is 13.7 Å². The molecule has 0 fully saturated rings. The number of amidine groups is 1. The second-order valence-corrected chi connectivity index (χ2v) is 9.13. The molecule has 0 aliphatic carbocycles. The molecule has 0 bridgehead atoms. The van der Waals surface area contributed by atoms with E-state index in [1.165, 1.54) is 12.1 Å². The number of aromatic amines is 1. The zero-order valence-corrected chi connectivity index (χ0v) is 21.6. The number of fused-ring (bicyclic) bond motifs is 1. The highest BCUT2D eigenvalue weighted by molar-refractivity contribution is 6.21. The monoisotopic (exact) mass is 526 g/mol. The average Bonchev–Trinajstić information content (AvgIpc) is 3.52. The topological polar surface area (TPSA) is 136 Å². The molecule has 2 unspecified atom stereocenters. The minimum Gasteiger partial charge on any atom is -0.497 e. The van der Waals surface area contributed by atoms with Gasteiger partial charge in [-0.1, -0.05) is 12.1 Å². The Hall–Kier alpha value is -4.99. The maximum absolute atomic E-state index is 13.8. The van der Waals surface area contributed by atoms with Crippen molar-refractivity contribution in [2.45, 2.75) is 19.8 Å². The number of allylic oxidation sites excluding steroid dienone is 2. The Morgan fingerprint density at radius 1 is 1.08 bits per heavy atom. The number of hydrogen-bond acceptors (Lipinski definition) is 8. The second kappa shape index (κ2) is 10.4. The number of hydrogen-bond donors (Lipinski definition) is 2. The van der Waals surface area contributed by atoms with Gasteiger partial charge in [0.15, 0.2) is 5.78 Å². The lowest BCUT2D eigenvalue weighted by Crippen LogP contribution is -2.42. The summed E-state index contributed by atoms with van der Waals surface area (Å²) in [4.78, 5) is 45.1. The minimum atomic E-state index is -0.725. The Morgan fingerprint density at radius 3 is 2.44 bits per heavy atom. The number of esters is 1. The number of nitro benzene ring substituents is 1. The fourth-order valence-electron chi connectivity index (χ4n) is 4.95. The Labute approximate surface area is 224 Å². The molecule has 0 saturated heterocycles. The van der Waals surface area contributed by atoms with E-state index in [0.717, 1.165) is 16.8 Å². The number of carbonyl (C=O) groups excluding carboxylic acids is 2. The van der Waals surface area contributed by atoms with Gasteiger partial charge in [-0.25, -0.2) is 9.79 Å². The van der Waals surface area contributed by atoms with Crippen molar-refractivity contribution in [3.63, 3.8) is 0 Å². The van der Waals surface area contributed by atoms with E-state index in [0.29, 0.717) is 28.5 Å². The summed E-state index contributed by atoms with van der Waals surface area (Å²) in [6, 6.07) is 17.1. The van der Waals surface area contributed by atoms with Crippen LogP contribution in [-0.2, 0) is 14.3 Å². The normalized spacial score (nSPS) is 19.4. The first-order chi connectivity index (χ1) is 18.8. The predicted molar refractivity (Wildman–Crippen MR) is 145 cm³/mol. The Morgan fingerprint density at radius 2 is 1.79 bits per heavy atom. The number of benzene rings is 2. The molecule has 0 radical (unpaired) electrons. The number of H-pyrrole nitrogens is 1.